The van der Waals surface area contributed by atoms with E-state index >= 15 is 0 Å². The number of benzene rings is 2. The van der Waals surface area contributed by atoms with Crippen LogP contribution in [0.5, 0.6) is 0 Å². The van der Waals surface area contributed by atoms with Crippen LogP contribution in [-0.4, -0.2) is 12.3 Å². The van der Waals surface area contributed by atoms with Gasteiger partial charge in [0.2, 0.25) is 0 Å². The highest BCUT2D eigenvalue weighted by Gasteiger charge is 2.18. The van der Waals surface area contributed by atoms with Crippen LogP contribution in [-0.2, 0) is 11.2 Å². The number of carbonyl (C=O) groups is 1. The molecule has 0 aliphatic carbocycles. The molecule has 2 nitrogen and oxygen atoms in total. The smallest absolute Gasteiger partial charge is 0.145 e. The van der Waals surface area contributed by atoms with E-state index < -0.39 is 0 Å². The molecule has 2 aromatic carbocycles. The quantitative estimate of drug-likeness (QED) is 0.909. The van der Waals surface area contributed by atoms with Gasteiger partial charge >= 0.3 is 0 Å². The van der Waals surface area contributed by atoms with Crippen molar-refractivity contribution in [2.45, 2.75) is 12.3 Å². The summed E-state index contributed by atoms with van der Waals surface area (Å²) in [6.07, 6.45) is 0.383. The Morgan fingerprint density at radius 3 is 2.26 bits per heavy atom. The van der Waals surface area contributed by atoms with Gasteiger partial charge in [-0.2, -0.15) is 0 Å². The fourth-order valence-corrected chi connectivity index (χ4v) is 2.19. The van der Waals surface area contributed by atoms with Gasteiger partial charge in [-0.15, -0.1) is 0 Å². The molecule has 98 valence electrons. The summed E-state index contributed by atoms with van der Waals surface area (Å²) in [5.74, 6) is -0.104. The van der Waals surface area contributed by atoms with Crippen LogP contribution in [0.25, 0.3) is 0 Å². The summed E-state index contributed by atoms with van der Waals surface area (Å²) in [6, 6.07) is 17.0. The van der Waals surface area contributed by atoms with Crippen LogP contribution < -0.4 is 5.73 Å². The number of halogens is 1. The van der Waals surface area contributed by atoms with E-state index in [1.807, 2.05) is 42.5 Å². The second-order valence-corrected chi connectivity index (χ2v) is 4.90. The van der Waals surface area contributed by atoms with Crippen LogP contribution in [0.3, 0.4) is 0 Å². The van der Waals surface area contributed by atoms with Gasteiger partial charge in [0.1, 0.15) is 5.78 Å². The minimum absolute atomic E-state index is 0.135. The fourth-order valence-electron chi connectivity index (χ4n) is 2.07. The highest BCUT2D eigenvalue weighted by atomic mass is 35.5. The van der Waals surface area contributed by atoms with Gasteiger partial charge in [0.25, 0.3) is 0 Å². The van der Waals surface area contributed by atoms with Crippen molar-refractivity contribution in [1.82, 2.24) is 0 Å². The highest BCUT2D eigenvalue weighted by molar-refractivity contribution is 6.30. The normalized spacial score (nSPS) is 12.1. The van der Waals surface area contributed by atoms with E-state index in [2.05, 4.69) is 0 Å². The third-order valence-corrected chi connectivity index (χ3v) is 3.37. The molecule has 0 aromatic heterocycles. The second kappa shape index (κ2) is 6.50. The monoisotopic (exact) mass is 273 g/mol. The van der Waals surface area contributed by atoms with Crippen LogP contribution in [0.1, 0.15) is 17.0 Å². The molecule has 0 radical (unpaired) electrons. The molecule has 0 aliphatic heterocycles. The molecule has 0 amide bonds. The van der Waals surface area contributed by atoms with Gasteiger partial charge in [0, 0.05) is 18.0 Å². The molecule has 2 aromatic rings. The van der Waals surface area contributed by atoms with Crippen molar-refractivity contribution in [2.24, 2.45) is 5.73 Å². The van der Waals surface area contributed by atoms with Crippen LogP contribution in [0, 0.1) is 0 Å². The lowest BCUT2D eigenvalue weighted by molar-refractivity contribution is -0.119. The largest absolute Gasteiger partial charge is 0.329 e. The Hall–Kier alpha value is -1.64. The second-order valence-electron chi connectivity index (χ2n) is 4.47. The van der Waals surface area contributed by atoms with Crippen LogP contribution >= 0.6 is 11.6 Å². The summed E-state index contributed by atoms with van der Waals surface area (Å²) in [7, 11) is 0. The number of rotatable bonds is 5. The Balaban J connectivity index is 2.11. The van der Waals surface area contributed by atoms with E-state index in [4.69, 9.17) is 17.3 Å². The number of hydrogen-bond donors (Lipinski definition) is 1. The Bertz CT molecular complexity index is 536. The van der Waals surface area contributed by atoms with Gasteiger partial charge in [0.15, 0.2) is 0 Å². The molecule has 3 heteroatoms. The molecular weight excluding hydrogens is 258 g/mol. The molecule has 2 N–H and O–H groups in total. The average Bonchev–Trinajstić information content (AvgIpc) is 2.43. The van der Waals surface area contributed by atoms with E-state index in [1.54, 1.807) is 12.1 Å². The third-order valence-electron chi connectivity index (χ3n) is 3.12. The van der Waals surface area contributed by atoms with Crippen molar-refractivity contribution in [3.8, 4) is 0 Å². The standard InChI is InChI=1S/C16H16ClNO/c17-14-8-6-12(7-9-14)10-16(19)15(11-18)13-4-2-1-3-5-13/h1-9,15H,10-11,18H2. The van der Waals surface area contributed by atoms with E-state index in [0.29, 0.717) is 18.0 Å². The van der Waals surface area contributed by atoms with Crippen LogP contribution in [0.4, 0.5) is 0 Å². The molecule has 0 saturated heterocycles. The highest BCUT2D eigenvalue weighted by Crippen LogP contribution is 2.18. The molecular formula is C16H16ClNO. The zero-order valence-electron chi connectivity index (χ0n) is 10.6. The molecule has 2 rings (SSSR count). The van der Waals surface area contributed by atoms with Gasteiger partial charge in [-0.05, 0) is 23.3 Å². The molecule has 0 heterocycles. The van der Waals surface area contributed by atoms with E-state index in [0.717, 1.165) is 11.1 Å². The number of carbonyl (C=O) groups excluding carboxylic acids is 1. The molecule has 0 bridgehead atoms. The minimum atomic E-state index is -0.239. The van der Waals surface area contributed by atoms with Gasteiger partial charge in [-0.1, -0.05) is 54.1 Å². The molecule has 1 unspecified atom stereocenters. The topological polar surface area (TPSA) is 43.1 Å². The predicted octanol–water partition coefficient (Wildman–Crippen LogP) is 3.19. The Labute approximate surface area is 118 Å². The Kier molecular flexibility index (Phi) is 4.72. The Morgan fingerprint density at radius 2 is 1.68 bits per heavy atom. The summed E-state index contributed by atoms with van der Waals surface area (Å²) >= 11 is 5.83. The zero-order chi connectivity index (χ0) is 13.7. The van der Waals surface area contributed by atoms with Gasteiger partial charge in [-0.3, -0.25) is 4.79 Å². The van der Waals surface area contributed by atoms with E-state index in [9.17, 15) is 4.79 Å². The number of nitrogens with two attached hydrogens (primary N) is 1. The van der Waals surface area contributed by atoms with Gasteiger partial charge in [0.05, 0.1) is 5.92 Å². The third kappa shape index (κ3) is 3.66. The predicted molar refractivity (Wildman–Crippen MR) is 78.4 cm³/mol. The summed E-state index contributed by atoms with van der Waals surface area (Å²) in [4.78, 5) is 12.3. The molecule has 0 saturated carbocycles. The van der Waals surface area contributed by atoms with Crippen LogP contribution in [0.15, 0.2) is 54.6 Å². The van der Waals surface area contributed by atoms with Crippen LogP contribution in [0.2, 0.25) is 5.02 Å². The van der Waals surface area contributed by atoms with Gasteiger partial charge < -0.3 is 5.73 Å². The first-order valence-electron chi connectivity index (χ1n) is 6.23. The first-order chi connectivity index (χ1) is 9.20. The SMILES string of the molecule is NCC(C(=O)Cc1ccc(Cl)cc1)c1ccccc1. The molecule has 0 fully saturated rings. The lowest BCUT2D eigenvalue weighted by Gasteiger charge is -2.14. The van der Waals surface area contributed by atoms with Crippen molar-refractivity contribution >= 4 is 17.4 Å². The maximum atomic E-state index is 12.3. The summed E-state index contributed by atoms with van der Waals surface area (Å²) in [5.41, 5.74) is 7.68. The molecule has 1 atom stereocenters. The lowest BCUT2D eigenvalue weighted by Crippen LogP contribution is -2.23. The van der Waals surface area contributed by atoms with Crippen molar-refractivity contribution in [2.75, 3.05) is 6.54 Å². The average molecular weight is 274 g/mol. The number of hydrogen-bond acceptors (Lipinski definition) is 2. The Morgan fingerprint density at radius 1 is 1.05 bits per heavy atom. The fraction of sp³-hybridized carbons (Fsp3) is 0.188. The molecule has 0 aliphatic rings. The maximum Gasteiger partial charge on any atom is 0.145 e. The zero-order valence-corrected chi connectivity index (χ0v) is 11.3. The molecule has 0 spiro atoms. The van der Waals surface area contributed by atoms with Crippen molar-refractivity contribution in [3.05, 3.63) is 70.7 Å². The minimum Gasteiger partial charge on any atom is -0.329 e. The van der Waals surface area contributed by atoms with Crippen molar-refractivity contribution in [1.29, 1.82) is 0 Å². The van der Waals surface area contributed by atoms with E-state index in [1.165, 1.54) is 0 Å². The summed E-state index contributed by atoms with van der Waals surface area (Å²) < 4.78 is 0. The van der Waals surface area contributed by atoms with Crippen molar-refractivity contribution < 1.29 is 4.79 Å². The maximum absolute atomic E-state index is 12.3. The summed E-state index contributed by atoms with van der Waals surface area (Å²) in [5, 5.41) is 0.676. The number of Topliss-reactive ketones (excluding diaryl/α,β-unsaturated/α-hetero) is 1. The first-order valence-corrected chi connectivity index (χ1v) is 6.60. The van der Waals surface area contributed by atoms with E-state index in [-0.39, 0.29) is 11.7 Å². The first kappa shape index (κ1) is 13.8. The molecule has 19 heavy (non-hydrogen) atoms. The number of ketones is 1. The summed E-state index contributed by atoms with van der Waals surface area (Å²) in [6.45, 7) is 0.330. The lowest BCUT2D eigenvalue weighted by atomic mass is 9.91. The van der Waals surface area contributed by atoms with Crippen molar-refractivity contribution in [3.63, 3.8) is 0 Å². The van der Waals surface area contributed by atoms with Gasteiger partial charge in [-0.25, -0.2) is 0 Å².